The smallest absolute Gasteiger partial charge is 0.254 e. The van der Waals surface area contributed by atoms with Crippen LogP contribution in [0.2, 0.25) is 0 Å². The number of nitrogens with zero attached hydrogens (tertiary/aromatic N) is 2. The van der Waals surface area contributed by atoms with Crippen LogP contribution in [0.15, 0.2) is 66.7 Å². The van der Waals surface area contributed by atoms with Crippen molar-refractivity contribution in [3.8, 4) is 5.75 Å². The van der Waals surface area contributed by atoms with Gasteiger partial charge in [0.2, 0.25) is 5.91 Å². The zero-order valence-electron chi connectivity index (χ0n) is 18.8. The van der Waals surface area contributed by atoms with Crippen LogP contribution in [0.5, 0.6) is 5.75 Å². The lowest BCUT2D eigenvalue weighted by Gasteiger charge is -2.33. The minimum absolute atomic E-state index is 0.0458. The van der Waals surface area contributed by atoms with Crippen LogP contribution in [0.25, 0.3) is 10.8 Å². The number of hydrogen-bond acceptors (Lipinski definition) is 3. The van der Waals surface area contributed by atoms with Crippen LogP contribution in [-0.2, 0) is 4.79 Å². The Morgan fingerprint density at radius 3 is 2.50 bits per heavy atom. The summed E-state index contributed by atoms with van der Waals surface area (Å²) in [4.78, 5) is 29.7. The number of hydrogen-bond donors (Lipinski definition) is 0. The summed E-state index contributed by atoms with van der Waals surface area (Å²) in [5, 5.41) is 2.05. The van der Waals surface area contributed by atoms with Gasteiger partial charge in [-0.05, 0) is 54.3 Å². The molecule has 0 spiro atoms. The molecule has 0 saturated carbocycles. The second-order valence-electron chi connectivity index (χ2n) is 8.52. The number of aryl methyl sites for hydroxylation is 1. The third-order valence-electron chi connectivity index (χ3n) is 6.21. The molecule has 5 heteroatoms. The van der Waals surface area contributed by atoms with Crippen molar-refractivity contribution < 1.29 is 14.3 Å². The van der Waals surface area contributed by atoms with Gasteiger partial charge in [0.15, 0.2) is 0 Å². The number of rotatable bonds is 6. The topological polar surface area (TPSA) is 49.9 Å². The van der Waals surface area contributed by atoms with Gasteiger partial charge in [-0.25, -0.2) is 0 Å². The molecule has 166 valence electrons. The molecule has 2 amide bonds. The molecule has 1 aliphatic rings. The predicted molar refractivity (Wildman–Crippen MR) is 127 cm³/mol. The number of fused-ring (bicyclic) bond motifs is 1. The number of amides is 2. The summed E-state index contributed by atoms with van der Waals surface area (Å²) in [5.41, 5.74) is 1.88. The number of ether oxygens (including phenoxy) is 1. The highest BCUT2D eigenvalue weighted by Gasteiger charge is 2.29. The maximum Gasteiger partial charge on any atom is 0.254 e. The second-order valence-corrected chi connectivity index (χ2v) is 8.52. The average Bonchev–Trinajstić information content (AvgIpc) is 2.83. The first-order valence-corrected chi connectivity index (χ1v) is 11.2. The van der Waals surface area contributed by atoms with E-state index in [-0.39, 0.29) is 17.7 Å². The molecule has 0 atom stereocenters. The fourth-order valence-electron chi connectivity index (χ4n) is 4.34. The number of benzene rings is 3. The molecule has 0 radical (unpaired) electrons. The van der Waals surface area contributed by atoms with E-state index in [2.05, 4.69) is 0 Å². The van der Waals surface area contributed by atoms with Crippen molar-refractivity contribution in [1.29, 1.82) is 0 Å². The Kier molecular flexibility index (Phi) is 6.74. The maximum atomic E-state index is 13.1. The molecule has 5 nitrogen and oxygen atoms in total. The van der Waals surface area contributed by atoms with Gasteiger partial charge in [-0.15, -0.1) is 0 Å². The number of piperidine rings is 1. The molecule has 1 heterocycles. The first kappa shape index (κ1) is 21.9. The molecule has 32 heavy (non-hydrogen) atoms. The zero-order valence-corrected chi connectivity index (χ0v) is 18.8. The monoisotopic (exact) mass is 430 g/mol. The SMILES string of the molecule is Cc1cccc(OCCN(C)C(=O)C2CCN(C(=O)c3cccc4ccccc34)CC2)c1. The summed E-state index contributed by atoms with van der Waals surface area (Å²) in [6.45, 7) is 4.24. The van der Waals surface area contributed by atoms with Gasteiger partial charge in [-0.1, -0.05) is 48.5 Å². The first-order valence-electron chi connectivity index (χ1n) is 11.2. The van der Waals surface area contributed by atoms with E-state index in [1.54, 1.807) is 4.90 Å². The molecule has 0 aromatic heterocycles. The van der Waals surface area contributed by atoms with Crippen LogP contribution in [0.4, 0.5) is 0 Å². The van der Waals surface area contributed by atoms with E-state index >= 15 is 0 Å². The highest BCUT2D eigenvalue weighted by Crippen LogP contribution is 2.24. The molecule has 1 fully saturated rings. The van der Waals surface area contributed by atoms with Gasteiger partial charge in [-0.2, -0.15) is 0 Å². The van der Waals surface area contributed by atoms with Crippen molar-refractivity contribution in [2.24, 2.45) is 5.92 Å². The Hall–Kier alpha value is -3.34. The quantitative estimate of drug-likeness (QED) is 0.577. The van der Waals surface area contributed by atoms with Crippen LogP contribution in [-0.4, -0.2) is 54.9 Å². The van der Waals surface area contributed by atoms with Crippen molar-refractivity contribution in [3.05, 3.63) is 77.9 Å². The largest absolute Gasteiger partial charge is 0.492 e. The lowest BCUT2D eigenvalue weighted by atomic mass is 9.94. The molecule has 0 unspecified atom stereocenters. The van der Waals surface area contributed by atoms with Crippen molar-refractivity contribution in [1.82, 2.24) is 9.80 Å². The van der Waals surface area contributed by atoms with Crippen LogP contribution in [0.1, 0.15) is 28.8 Å². The number of likely N-dealkylation sites (N-methyl/N-ethyl adjacent to an activating group) is 1. The van der Waals surface area contributed by atoms with Gasteiger partial charge < -0.3 is 14.5 Å². The van der Waals surface area contributed by atoms with Gasteiger partial charge in [-0.3, -0.25) is 9.59 Å². The highest BCUT2D eigenvalue weighted by atomic mass is 16.5. The van der Waals surface area contributed by atoms with E-state index in [1.165, 1.54) is 0 Å². The van der Waals surface area contributed by atoms with Crippen molar-refractivity contribution in [3.63, 3.8) is 0 Å². The third-order valence-corrected chi connectivity index (χ3v) is 6.21. The van der Waals surface area contributed by atoms with Crippen molar-refractivity contribution in [2.75, 3.05) is 33.3 Å². The molecule has 0 bridgehead atoms. The van der Waals surface area contributed by atoms with Crippen LogP contribution >= 0.6 is 0 Å². The molecule has 1 saturated heterocycles. The van der Waals surface area contributed by atoms with Crippen molar-refractivity contribution in [2.45, 2.75) is 19.8 Å². The highest BCUT2D eigenvalue weighted by molar-refractivity contribution is 6.07. The fourth-order valence-corrected chi connectivity index (χ4v) is 4.34. The van der Waals surface area contributed by atoms with Crippen LogP contribution < -0.4 is 4.74 Å². The van der Waals surface area contributed by atoms with Crippen LogP contribution in [0, 0.1) is 12.8 Å². The van der Waals surface area contributed by atoms with Crippen LogP contribution in [0.3, 0.4) is 0 Å². The molecular weight excluding hydrogens is 400 g/mol. The lowest BCUT2D eigenvalue weighted by molar-refractivity contribution is -0.135. The Morgan fingerprint density at radius 2 is 1.72 bits per heavy atom. The molecule has 1 aliphatic heterocycles. The predicted octanol–water partition coefficient (Wildman–Crippen LogP) is 4.54. The van der Waals surface area contributed by atoms with E-state index in [0.29, 0.717) is 39.1 Å². The van der Waals surface area contributed by atoms with Gasteiger partial charge in [0, 0.05) is 31.6 Å². The van der Waals surface area contributed by atoms with E-state index in [1.807, 2.05) is 85.6 Å². The molecule has 0 aliphatic carbocycles. The zero-order chi connectivity index (χ0) is 22.5. The van der Waals surface area contributed by atoms with E-state index < -0.39 is 0 Å². The standard InChI is InChI=1S/C27H30N2O3/c1-20-7-5-10-23(19-20)32-18-17-28(2)26(30)22-13-15-29(16-14-22)27(31)25-12-6-9-21-8-3-4-11-24(21)25/h3-12,19,22H,13-18H2,1-2H3. The third kappa shape index (κ3) is 4.93. The normalized spacial score (nSPS) is 14.4. The Balaban J connectivity index is 1.29. The number of likely N-dealkylation sites (tertiary alicyclic amines) is 1. The summed E-state index contributed by atoms with van der Waals surface area (Å²) in [6, 6.07) is 21.7. The maximum absolute atomic E-state index is 13.1. The van der Waals surface area contributed by atoms with Gasteiger partial charge in [0.25, 0.3) is 5.91 Å². The molecule has 3 aromatic carbocycles. The summed E-state index contributed by atoms with van der Waals surface area (Å²) in [5.74, 6) is 0.962. The van der Waals surface area contributed by atoms with E-state index in [0.717, 1.165) is 27.6 Å². The number of carbonyl (C=O) groups excluding carboxylic acids is 2. The minimum atomic E-state index is -0.0458. The van der Waals surface area contributed by atoms with Gasteiger partial charge >= 0.3 is 0 Å². The number of carbonyl (C=O) groups is 2. The van der Waals surface area contributed by atoms with Gasteiger partial charge in [0.1, 0.15) is 12.4 Å². The Morgan fingerprint density at radius 1 is 1.00 bits per heavy atom. The summed E-state index contributed by atoms with van der Waals surface area (Å²) >= 11 is 0. The second kappa shape index (κ2) is 9.86. The summed E-state index contributed by atoms with van der Waals surface area (Å²) in [6.07, 6.45) is 1.39. The first-order chi connectivity index (χ1) is 15.5. The molecule has 0 N–H and O–H groups in total. The van der Waals surface area contributed by atoms with E-state index in [4.69, 9.17) is 4.74 Å². The van der Waals surface area contributed by atoms with Gasteiger partial charge in [0.05, 0.1) is 6.54 Å². The molecular formula is C27H30N2O3. The average molecular weight is 431 g/mol. The van der Waals surface area contributed by atoms with E-state index in [9.17, 15) is 9.59 Å². The summed E-state index contributed by atoms with van der Waals surface area (Å²) in [7, 11) is 1.83. The minimum Gasteiger partial charge on any atom is -0.492 e. The summed E-state index contributed by atoms with van der Waals surface area (Å²) < 4.78 is 5.78. The Bertz CT molecular complexity index is 1100. The lowest BCUT2D eigenvalue weighted by Crippen LogP contribution is -2.44. The van der Waals surface area contributed by atoms with Crippen molar-refractivity contribution >= 4 is 22.6 Å². The Labute approximate surface area is 189 Å². The molecule has 3 aromatic rings. The molecule has 4 rings (SSSR count). The fraction of sp³-hybridized carbons (Fsp3) is 0.333.